The van der Waals surface area contributed by atoms with Crippen molar-refractivity contribution in [1.29, 1.82) is 0 Å². The summed E-state index contributed by atoms with van der Waals surface area (Å²) in [5.41, 5.74) is 2.30. The Labute approximate surface area is 140 Å². The minimum atomic E-state index is -0.401. The van der Waals surface area contributed by atoms with Crippen molar-refractivity contribution in [1.82, 2.24) is 0 Å². The van der Waals surface area contributed by atoms with Gasteiger partial charge in [0, 0.05) is 29.0 Å². The van der Waals surface area contributed by atoms with Crippen LogP contribution >= 0.6 is 63.7 Å². The topological polar surface area (TPSA) is 26.3 Å². The summed E-state index contributed by atoms with van der Waals surface area (Å²) in [6.07, 6.45) is 0. The lowest BCUT2D eigenvalue weighted by molar-refractivity contribution is -0.140. The molecule has 0 aliphatic rings. The third-order valence-electron chi connectivity index (χ3n) is 2.27. The van der Waals surface area contributed by atoms with Gasteiger partial charge in [0.15, 0.2) is 0 Å². The molecule has 0 N–H and O–H groups in total. The van der Waals surface area contributed by atoms with Gasteiger partial charge in [-0.15, -0.1) is 0 Å². The van der Waals surface area contributed by atoms with E-state index in [1.54, 1.807) is 6.92 Å². The quantitative estimate of drug-likeness (QED) is 0.301. The summed E-state index contributed by atoms with van der Waals surface area (Å²) in [6, 6.07) is 0. The van der Waals surface area contributed by atoms with Crippen LogP contribution in [0.3, 0.4) is 0 Å². The first-order valence-electron chi connectivity index (χ1n) is 4.91. The minimum absolute atomic E-state index is 0.171. The van der Waals surface area contributed by atoms with E-state index in [-0.39, 0.29) is 6.61 Å². The molecule has 18 heavy (non-hydrogen) atoms. The molecule has 0 amide bonds. The van der Waals surface area contributed by atoms with Crippen molar-refractivity contribution in [2.24, 2.45) is 0 Å². The van der Waals surface area contributed by atoms with E-state index in [1.165, 1.54) is 0 Å². The Morgan fingerprint density at radius 2 is 1.56 bits per heavy atom. The van der Waals surface area contributed by atoms with E-state index in [9.17, 15) is 4.79 Å². The van der Waals surface area contributed by atoms with Crippen molar-refractivity contribution in [3.05, 3.63) is 41.2 Å². The van der Waals surface area contributed by atoms with Gasteiger partial charge in [-0.1, -0.05) is 6.58 Å². The first kappa shape index (κ1) is 16.4. The number of hydrogen-bond donors (Lipinski definition) is 0. The molecule has 0 aliphatic carbocycles. The van der Waals surface area contributed by atoms with Crippen molar-refractivity contribution in [2.45, 2.75) is 20.5 Å². The molecule has 0 heterocycles. The zero-order valence-corrected chi connectivity index (χ0v) is 16.1. The standard InChI is InChI=1S/C12H10Br4O2/c1-5(2)12(17)18-4-7-10(15)8(13)6(3)9(14)11(7)16/h1,4H2,2-3H3. The highest BCUT2D eigenvalue weighted by Crippen LogP contribution is 2.41. The van der Waals surface area contributed by atoms with Gasteiger partial charge in [0.05, 0.1) is 0 Å². The Hall–Kier alpha value is 0.350. The highest BCUT2D eigenvalue weighted by atomic mass is 79.9. The van der Waals surface area contributed by atoms with E-state index in [0.29, 0.717) is 5.57 Å². The fourth-order valence-electron chi connectivity index (χ4n) is 1.17. The second-order valence-electron chi connectivity index (χ2n) is 3.72. The van der Waals surface area contributed by atoms with Gasteiger partial charge in [0.2, 0.25) is 0 Å². The number of hydrogen-bond acceptors (Lipinski definition) is 2. The Morgan fingerprint density at radius 1 is 1.11 bits per heavy atom. The van der Waals surface area contributed by atoms with Crippen molar-refractivity contribution < 1.29 is 9.53 Å². The molecule has 0 fully saturated rings. The number of carbonyl (C=O) groups is 1. The molecule has 0 saturated heterocycles. The Morgan fingerprint density at radius 3 is 1.94 bits per heavy atom. The van der Waals surface area contributed by atoms with Crippen LogP contribution < -0.4 is 0 Å². The first-order valence-corrected chi connectivity index (χ1v) is 8.08. The van der Waals surface area contributed by atoms with Gasteiger partial charge < -0.3 is 4.74 Å². The lowest BCUT2D eigenvalue weighted by Crippen LogP contribution is -2.06. The molecule has 0 saturated carbocycles. The van der Waals surface area contributed by atoms with Crippen molar-refractivity contribution in [3.63, 3.8) is 0 Å². The van der Waals surface area contributed by atoms with Gasteiger partial charge in [-0.25, -0.2) is 4.79 Å². The minimum Gasteiger partial charge on any atom is -0.457 e. The average molecular weight is 506 g/mol. The predicted molar refractivity (Wildman–Crippen MR) is 86.6 cm³/mol. The molecule has 0 radical (unpaired) electrons. The lowest BCUT2D eigenvalue weighted by Gasteiger charge is -2.14. The van der Waals surface area contributed by atoms with E-state index in [4.69, 9.17) is 4.74 Å². The second kappa shape index (κ2) is 6.68. The molecule has 98 valence electrons. The Kier molecular flexibility index (Phi) is 6.09. The van der Waals surface area contributed by atoms with Crippen LogP contribution in [-0.4, -0.2) is 5.97 Å². The van der Waals surface area contributed by atoms with Crippen LogP contribution in [0.15, 0.2) is 30.0 Å². The molecular weight excluding hydrogens is 496 g/mol. The molecule has 1 aromatic carbocycles. The molecule has 6 heteroatoms. The summed E-state index contributed by atoms with van der Waals surface area (Å²) in [5.74, 6) is -0.401. The molecule has 0 atom stereocenters. The lowest BCUT2D eigenvalue weighted by atomic mass is 10.1. The molecule has 0 aromatic heterocycles. The van der Waals surface area contributed by atoms with E-state index in [1.807, 2.05) is 6.92 Å². The van der Waals surface area contributed by atoms with Gasteiger partial charge in [0.25, 0.3) is 0 Å². The predicted octanol–water partition coefficient (Wildman–Crippen LogP) is 5.66. The van der Waals surface area contributed by atoms with Crippen LogP contribution in [0.1, 0.15) is 18.1 Å². The molecule has 2 nitrogen and oxygen atoms in total. The summed E-state index contributed by atoms with van der Waals surface area (Å²) in [6.45, 7) is 7.31. The number of rotatable bonds is 3. The van der Waals surface area contributed by atoms with Gasteiger partial charge >= 0.3 is 5.97 Å². The Bertz CT molecular complexity index is 494. The van der Waals surface area contributed by atoms with Crippen LogP contribution in [0.4, 0.5) is 0 Å². The summed E-state index contributed by atoms with van der Waals surface area (Å²) < 4.78 is 8.75. The zero-order chi connectivity index (χ0) is 14.0. The van der Waals surface area contributed by atoms with E-state index >= 15 is 0 Å². The highest BCUT2D eigenvalue weighted by molar-refractivity contribution is 9.14. The fourth-order valence-corrected chi connectivity index (χ4v) is 3.80. The number of ether oxygens (including phenoxy) is 1. The second-order valence-corrected chi connectivity index (χ2v) is 6.89. The van der Waals surface area contributed by atoms with Crippen LogP contribution in [0, 0.1) is 6.92 Å². The normalized spacial score (nSPS) is 10.3. The van der Waals surface area contributed by atoms with Crippen molar-refractivity contribution >= 4 is 69.7 Å². The number of benzene rings is 1. The van der Waals surface area contributed by atoms with E-state index in [2.05, 4.69) is 70.3 Å². The van der Waals surface area contributed by atoms with Crippen LogP contribution in [0.2, 0.25) is 0 Å². The maximum Gasteiger partial charge on any atom is 0.333 e. The smallest absolute Gasteiger partial charge is 0.333 e. The summed E-state index contributed by atoms with van der Waals surface area (Å²) in [4.78, 5) is 11.4. The SMILES string of the molecule is C=C(C)C(=O)OCc1c(Br)c(Br)c(C)c(Br)c1Br. The highest BCUT2D eigenvalue weighted by Gasteiger charge is 2.17. The summed E-state index contributed by atoms with van der Waals surface area (Å²) in [7, 11) is 0. The molecule has 0 aliphatic heterocycles. The molecule has 0 spiro atoms. The largest absolute Gasteiger partial charge is 0.457 e. The number of esters is 1. The number of halogens is 4. The third kappa shape index (κ3) is 3.46. The van der Waals surface area contributed by atoms with Crippen LogP contribution in [-0.2, 0) is 16.1 Å². The van der Waals surface area contributed by atoms with E-state index in [0.717, 1.165) is 29.0 Å². The average Bonchev–Trinajstić information content (AvgIpc) is 2.33. The Balaban J connectivity index is 3.11. The first-order chi connectivity index (χ1) is 8.27. The van der Waals surface area contributed by atoms with E-state index < -0.39 is 5.97 Å². The van der Waals surface area contributed by atoms with Crippen LogP contribution in [0.5, 0.6) is 0 Å². The molecule has 1 rings (SSSR count). The zero-order valence-electron chi connectivity index (χ0n) is 9.74. The van der Waals surface area contributed by atoms with Crippen molar-refractivity contribution in [2.75, 3.05) is 0 Å². The molecule has 1 aromatic rings. The summed E-state index contributed by atoms with van der Waals surface area (Å²) in [5, 5.41) is 0. The summed E-state index contributed by atoms with van der Waals surface area (Å²) >= 11 is 14.0. The number of carbonyl (C=O) groups excluding carboxylic acids is 1. The van der Waals surface area contributed by atoms with Gasteiger partial charge in [0.1, 0.15) is 6.61 Å². The van der Waals surface area contributed by atoms with Gasteiger partial charge in [-0.2, -0.15) is 0 Å². The third-order valence-corrected chi connectivity index (χ3v) is 7.07. The van der Waals surface area contributed by atoms with Crippen molar-refractivity contribution in [3.8, 4) is 0 Å². The van der Waals surface area contributed by atoms with Gasteiger partial charge in [-0.05, 0) is 83.1 Å². The van der Waals surface area contributed by atoms with Crippen LogP contribution in [0.25, 0.3) is 0 Å². The molecular formula is C12H10Br4O2. The van der Waals surface area contributed by atoms with Gasteiger partial charge in [-0.3, -0.25) is 0 Å². The maximum absolute atomic E-state index is 11.4. The molecule has 0 unspecified atom stereocenters. The maximum atomic E-state index is 11.4. The molecule has 0 bridgehead atoms. The fraction of sp³-hybridized carbons (Fsp3) is 0.250. The monoisotopic (exact) mass is 502 g/mol.